The van der Waals surface area contributed by atoms with Gasteiger partial charge in [-0.15, -0.1) is 0 Å². The summed E-state index contributed by atoms with van der Waals surface area (Å²) in [6.07, 6.45) is 2.06. The van der Waals surface area contributed by atoms with E-state index in [2.05, 4.69) is 30.7 Å². The fraction of sp³-hybridized carbons (Fsp3) is 0.231. The summed E-state index contributed by atoms with van der Waals surface area (Å²) in [6.45, 7) is 1.29. The van der Waals surface area contributed by atoms with Crippen molar-refractivity contribution >= 4 is 22.0 Å². The fourth-order valence-corrected chi connectivity index (χ4v) is 2.29. The lowest BCUT2D eigenvalue weighted by molar-refractivity contribution is 0.164. The first kappa shape index (κ1) is 16.9. The Morgan fingerprint density at radius 3 is 2.91 bits per heavy atom. The smallest absolute Gasteiger partial charge is 0.404 e. The highest BCUT2D eigenvalue weighted by molar-refractivity contribution is 9.10. The molecule has 0 atom stereocenters. The number of primary amides is 1. The highest BCUT2D eigenvalue weighted by Gasteiger charge is 2.12. The number of aryl methyl sites for hydroxylation is 1. The van der Waals surface area contributed by atoms with Crippen LogP contribution in [0.5, 0.6) is 0 Å². The van der Waals surface area contributed by atoms with Crippen LogP contribution in [-0.4, -0.2) is 32.0 Å². The van der Waals surface area contributed by atoms with Gasteiger partial charge in [-0.05, 0) is 34.5 Å². The number of hydrogen-bond donors (Lipinski definition) is 1. The molecule has 0 aliphatic carbocycles. The van der Waals surface area contributed by atoms with Crippen molar-refractivity contribution in [1.29, 1.82) is 0 Å². The van der Waals surface area contributed by atoms with E-state index >= 15 is 0 Å². The molecule has 2 rings (SSSR count). The highest BCUT2D eigenvalue weighted by Crippen LogP contribution is 2.15. The van der Waals surface area contributed by atoms with Crippen molar-refractivity contribution in [3.8, 4) is 5.69 Å². The Balaban J connectivity index is 2.25. The van der Waals surface area contributed by atoms with Crippen LogP contribution in [0.4, 0.5) is 9.18 Å². The fourth-order valence-electron chi connectivity index (χ4n) is 1.85. The molecule has 0 radical (unpaired) electrons. The van der Waals surface area contributed by atoms with Gasteiger partial charge in [-0.1, -0.05) is 0 Å². The maximum Gasteiger partial charge on any atom is 0.404 e. The van der Waals surface area contributed by atoms with Gasteiger partial charge in [-0.25, -0.2) is 28.2 Å². The number of ether oxygens (including phenoxy) is 1. The molecule has 10 heteroatoms. The monoisotopic (exact) mass is 385 g/mol. The van der Waals surface area contributed by atoms with Gasteiger partial charge in [0.15, 0.2) is 0 Å². The van der Waals surface area contributed by atoms with E-state index in [1.807, 2.05) is 6.92 Å². The molecule has 1 amide bonds. The van der Waals surface area contributed by atoms with Gasteiger partial charge in [0.25, 0.3) is 0 Å². The second-order valence-electron chi connectivity index (χ2n) is 4.61. The number of carbonyl (C=O) groups is 1. The number of hydrogen-bond acceptors (Lipinski definition) is 5. The third kappa shape index (κ3) is 4.03. The van der Waals surface area contributed by atoms with Crippen molar-refractivity contribution in [2.45, 2.75) is 13.5 Å². The van der Waals surface area contributed by atoms with Crippen LogP contribution in [0.15, 0.2) is 39.9 Å². The first-order chi connectivity index (χ1) is 10.9. The second-order valence-corrected chi connectivity index (χ2v) is 5.42. The van der Waals surface area contributed by atoms with Crippen molar-refractivity contribution in [1.82, 2.24) is 19.3 Å². The first-order valence-corrected chi connectivity index (χ1v) is 7.19. The lowest BCUT2D eigenvalue weighted by atomic mass is 10.2. The maximum absolute atomic E-state index is 12.8. The Morgan fingerprint density at radius 2 is 2.30 bits per heavy atom. The Kier molecular flexibility index (Phi) is 5.27. The summed E-state index contributed by atoms with van der Waals surface area (Å²) in [5.74, 6) is 0. The second kappa shape index (κ2) is 7.18. The summed E-state index contributed by atoms with van der Waals surface area (Å²) in [5, 5.41) is 3.92. The normalized spacial score (nSPS) is 11.5. The number of nitrogens with two attached hydrogens (primary N) is 1. The number of aromatic nitrogens is 4. The maximum atomic E-state index is 12.8. The molecule has 0 fully saturated rings. The standard InChI is InChI=1S/C13H13BrFN5O3/c1-8-2-11(14)17-4-10(8)19-7-18-20(13(19)22)5-9(3-15)6-23-12(16)21/h2-4,7H,5-6H2,1H3,(H2,16,21). The van der Waals surface area contributed by atoms with Crippen LogP contribution in [0.25, 0.3) is 5.69 Å². The van der Waals surface area contributed by atoms with Crippen molar-refractivity contribution in [3.63, 3.8) is 0 Å². The number of rotatable bonds is 5. The Morgan fingerprint density at radius 1 is 1.57 bits per heavy atom. The van der Waals surface area contributed by atoms with Gasteiger partial charge in [-0.3, -0.25) is 0 Å². The zero-order valence-corrected chi connectivity index (χ0v) is 13.7. The Bertz CT molecular complexity index is 814. The Labute approximate surface area is 138 Å². The number of halogens is 2. The summed E-state index contributed by atoms with van der Waals surface area (Å²) in [7, 11) is 0. The lowest BCUT2D eigenvalue weighted by Gasteiger charge is -2.06. The van der Waals surface area contributed by atoms with Gasteiger partial charge in [0.05, 0.1) is 24.8 Å². The number of carbonyl (C=O) groups excluding carboxylic acids is 1. The molecule has 2 aromatic heterocycles. The molecule has 23 heavy (non-hydrogen) atoms. The third-order valence-corrected chi connectivity index (χ3v) is 3.38. The van der Waals surface area contributed by atoms with Crippen LogP contribution in [-0.2, 0) is 11.3 Å². The van der Waals surface area contributed by atoms with Gasteiger partial charge in [0.2, 0.25) is 0 Å². The van der Waals surface area contributed by atoms with Gasteiger partial charge >= 0.3 is 11.8 Å². The van der Waals surface area contributed by atoms with E-state index in [9.17, 15) is 14.0 Å². The van der Waals surface area contributed by atoms with E-state index in [0.29, 0.717) is 10.3 Å². The topological polar surface area (TPSA) is 105 Å². The molecule has 0 saturated heterocycles. The number of amides is 1. The SMILES string of the molecule is Cc1cc(Br)ncc1-n1cnn(CC(=CF)COC(N)=O)c1=O. The van der Waals surface area contributed by atoms with E-state index in [4.69, 9.17) is 5.73 Å². The van der Waals surface area contributed by atoms with Gasteiger partial charge in [0.1, 0.15) is 17.5 Å². The molecule has 2 heterocycles. The first-order valence-electron chi connectivity index (χ1n) is 6.39. The van der Waals surface area contributed by atoms with Crippen LogP contribution in [0.1, 0.15) is 5.56 Å². The van der Waals surface area contributed by atoms with Crippen LogP contribution >= 0.6 is 15.9 Å². The highest BCUT2D eigenvalue weighted by atomic mass is 79.9. The van der Waals surface area contributed by atoms with E-state index < -0.39 is 11.8 Å². The molecule has 2 N–H and O–H groups in total. The molecule has 8 nitrogen and oxygen atoms in total. The van der Waals surface area contributed by atoms with Crippen molar-refractivity contribution in [3.05, 3.63) is 51.1 Å². The average Bonchev–Trinajstić information content (AvgIpc) is 2.84. The molecule has 0 aliphatic heterocycles. The van der Waals surface area contributed by atoms with Crippen LogP contribution in [0.3, 0.4) is 0 Å². The Hall–Kier alpha value is -2.49. The summed E-state index contributed by atoms with van der Waals surface area (Å²) in [6, 6.07) is 1.76. The molecule has 0 aromatic carbocycles. The minimum Gasteiger partial charge on any atom is -0.445 e. The molecule has 0 spiro atoms. The van der Waals surface area contributed by atoms with Gasteiger partial charge in [-0.2, -0.15) is 5.10 Å². The minimum absolute atomic E-state index is 0.0433. The summed E-state index contributed by atoms with van der Waals surface area (Å²) < 4.78 is 20.3. The molecule has 122 valence electrons. The summed E-state index contributed by atoms with van der Waals surface area (Å²) >= 11 is 3.24. The molecular weight excluding hydrogens is 373 g/mol. The predicted molar refractivity (Wildman–Crippen MR) is 82.8 cm³/mol. The van der Waals surface area contributed by atoms with Crippen molar-refractivity contribution in [2.75, 3.05) is 6.61 Å². The molecule has 0 bridgehead atoms. The molecule has 2 aromatic rings. The van der Waals surface area contributed by atoms with Crippen LogP contribution in [0, 0.1) is 6.92 Å². The lowest BCUT2D eigenvalue weighted by Crippen LogP contribution is -2.26. The zero-order chi connectivity index (χ0) is 17.0. The van der Waals surface area contributed by atoms with Crippen LogP contribution < -0.4 is 11.4 Å². The third-order valence-electron chi connectivity index (χ3n) is 2.95. The zero-order valence-electron chi connectivity index (χ0n) is 12.1. The van der Waals surface area contributed by atoms with E-state index in [1.54, 1.807) is 6.07 Å². The molecular formula is C13H13BrFN5O3. The minimum atomic E-state index is -1.03. The van der Waals surface area contributed by atoms with E-state index in [0.717, 1.165) is 10.2 Å². The number of pyridine rings is 1. The molecule has 0 saturated carbocycles. The van der Waals surface area contributed by atoms with E-state index in [-0.39, 0.29) is 25.1 Å². The molecule has 0 aliphatic rings. The number of nitrogens with zero attached hydrogens (tertiary/aromatic N) is 4. The molecule has 0 unspecified atom stereocenters. The predicted octanol–water partition coefficient (Wildman–Crippen LogP) is 1.45. The van der Waals surface area contributed by atoms with Crippen molar-refractivity contribution in [2.24, 2.45) is 5.73 Å². The summed E-state index contributed by atoms with van der Waals surface area (Å²) in [5.41, 5.74) is 5.76. The summed E-state index contributed by atoms with van der Waals surface area (Å²) in [4.78, 5) is 27.0. The van der Waals surface area contributed by atoms with Crippen LogP contribution in [0.2, 0.25) is 0 Å². The quantitative estimate of drug-likeness (QED) is 0.784. The average molecular weight is 386 g/mol. The largest absolute Gasteiger partial charge is 0.445 e. The van der Waals surface area contributed by atoms with Gasteiger partial charge in [0, 0.05) is 5.57 Å². The van der Waals surface area contributed by atoms with Gasteiger partial charge < -0.3 is 10.5 Å². The van der Waals surface area contributed by atoms with E-state index in [1.165, 1.54) is 17.1 Å². The van der Waals surface area contributed by atoms with Crippen molar-refractivity contribution < 1.29 is 13.9 Å².